The van der Waals surface area contributed by atoms with Crippen LogP contribution in [-0.4, -0.2) is 32.0 Å². The number of rotatable bonds is 6. The van der Waals surface area contributed by atoms with E-state index < -0.39 is 0 Å². The molecule has 6 heteroatoms. The number of hydrogen-bond acceptors (Lipinski definition) is 3. The van der Waals surface area contributed by atoms with E-state index in [1.54, 1.807) is 4.68 Å². The highest BCUT2D eigenvalue weighted by Crippen LogP contribution is 2.22. The second kappa shape index (κ2) is 7.78. The van der Waals surface area contributed by atoms with E-state index in [2.05, 4.69) is 29.4 Å². The summed E-state index contributed by atoms with van der Waals surface area (Å²) >= 11 is 0. The first-order chi connectivity index (χ1) is 12.9. The van der Waals surface area contributed by atoms with Crippen LogP contribution in [0.5, 0.6) is 0 Å². The fourth-order valence-corrected chi connectivity index (χ4v) is 3.22. The minimum absolute atomic E-state index is 0.0472. The largest absolute Gasteiger partial charge is 0.352 e. The predicted octanol–water partition coefficient (Wildman–Crippen LogP) is 3.34. The molecule has 0 saturated carbocycles. The van der Waals surface area contributed by atoms with Gasteiger partial charge in [0.15, 0.2) is 0 Å². The minimum Gasteiger partial charge on any atom is -0.352 e. The van der Waals surface area contributed by atoms with Crippen LogP contribution in [0.15, 0.2) is 30.5 Å². The molecule has 0 spiro atoms. The summed E-state index contributed by atoms with van der Waals surface area (Å²) in [5.41, 5.74) is 7.31. The Morgan fingerprint density at radius 2 is 1.74 bits per heavy atom. The first kappa shape index (κ1) is 18.9. The zero-order valence-corrected chi connectivity index (χ0v) is 16.7. The highest BCUT2D eigenvalue weighted by molar-refractivity contribution is 5.94. The van der Waals surface area contributed by atoms with Crippen molar-refractivity contribution in [3.8, 4) is 11.1 Å². The second-order valence-electron chi connectivity index (χ2n) is 7.01. The lowest BCUT2D eigenvalue weighted by Crippen LogP contribution is -2.25. The Bertz CT molecular complexity index is 950. The normalized spacial score (nSPS) is 11.0. The number of aromatic nitrogens is 4. The van der Waals surface area contributed by atoms with Crippen LogP contribution in [0.2, 0.25) is 0 Å². The Kier molecular flexibility index (Phi) is 5.44. The molecule has 0 radical (unpaired) electrons. The third-order valence-electron chi connectivity index (χ3n) is 5.05. The SMILES string of the molecule is Cc1nn(C)cc1-c1ccc(C(=O)NCCCn2nc(C)c(C)c2C)cc1. The lowest BCUT2D eigenvalue weighted by atomic mass is 10.0. The molecule has 1 aromatic carbocycles. The van der Waals surface area contributed by atoms with Crippen LogP contribution in [0.4, 0.5) is 0 Å². The zero-order chi connectivity index (χ0) is 19.6. The standard InChI is InChI=1S/C21H27N5O/c1-14-15(2)24-26(17(14)4)12-6-11-22-21(27)19-9-7-18(8-10-19)20-13-25(5)23-16(20)3/h7-10,13H,6,11-12H2,1-5H3,(H,22,27). The first-order valence-corrected chi connectivity index (χ1v) is 9.26. The molecule has 1 amide bonds. The average Bonchev–Trinajstić information content (AvgIpc) is 3.11. The fraction of sp³-hybridized carbons (Fsp3) is 0.381. The van der Waals surface area contributed by atoms with Gasteiger partial charge in [0.25, 0.3) is 5.91 Å². The van der Waals surface area contributed by atoms with Crippen LogP contribution >= 0.6 is 0 Å². The lowest BCUT2D eigenvalue weighted by Gasteiger charge is -2.08. The number of amides is 1. The number of nitrogens with one attached hydrogen (secondary N) is 1. The summed E-state index contributed by atoms with van der Waals surface area (Å²) in [7, 11) is 1.91. The minimum atomic E-state index is -0.0472. The third-order valence-corrected chi connectivity index (χ3v) is 5.05. The van der Waals surface area contributed by atoms with Crippen molar-refractivity contribution in [2.24, 2.45) is 7.05 Å². The van der Waals surface area contributed by atoms with E-state index in [4.69, 9.17) is 0 Å². The van der Waals surface area contributed by atoms with Gasteiger partial charge in [0, 0.05) is 43.2 Å². The molecule has 0 atom stereocenters. The summed E-state index contributed by atoms with van der Waals surface area (Å²) in [4.78, 5) is 12.4. The molecule has 0 aliphatic rings. The van der Waals surface area contributed by atoms with Gasteiger partial charge in [0.1, 0.15) is 0 Å². The Morgan fingerprint density at radius 1 is 1.04 bits per heavy atom. The third kappa shape index (κ3) is 4.10. The number of aryl methyl sites for hydroxylation is 4. The summed E-state index contributed by atoms with van der Waals surface area (Å²) in [6.07, 6.45) is 2.84. The van der Waals surface area contributed by atoms with Gasteiger partial charge >= 0.3 is 0 Å². The Labute approximate surface area is 160 Å². The van der Waals surface area contributed by atoms with Crippen LogP contribution < -0.4 is 5.32 Å². The number of nitrogens with zero attached hydrogens (tertiary/aromatic N) is 4. The van der Waals surface area contributed by atoms with Crippen LogP contribution in [0, 0.1) is 27.7 Å². The maximum atomic E-state index is 12.4. The van der Waals surface area contributed by atoms with E-state index in [1.807, 2.05) is 56.0 Å². The van der Waals surface area contributed by atoms with Crippen molar-refractivity contribution >= 4 is 5.91 Å². The van der Waals surface area contributed by atoms with Gasteiger partial charge in [-0.25, -0.2) is 0 Å². The fourth-order valence-electron chi connectivity index (χ4n) is 3.22. The highest BCUT2D eigenvalue weighted by atomic mass is 16.1. The molecule has 0 fully saturated rings. The van der Waals surface area contributed by atoms with Gasteiger partial charge in [-0.15, -0.1) is 0 Å². The van der Waals surface area contributed by atoms with Crippen LogP contribution in [-0.2, 0) is 13.6 Å². The van der Waals surface area contributed by atoms with E-state index in [-0.39, 0.29) is 5.91 Å². The molecule has 0 saturated heterocycles. The molecular formula is C21H27N5O. The van der Waals surface area contributed by atoms with E-state index in [9.17, 15) is 4.79 Å². The monoisotopic (exact) mass is 365 g/mol. The summed E-state index contributed by atoms with van der Waals surface area (Å²) in [6.45, 7) is 9.61. The molecule has 0 aliphatic heterocycles. The summed E-state index contributed by atoms with van der Waals surface area (Å²) < 4.78 is 3.82. The maximum absolute atomic E-state index is 12.4. The van der Waals surface area contributed by atoms with Crippen LogP contribution in [0.1, 0.15) is 39.4 Å². The molecule has 2 heterocycles. The van der Waals surface area contributed by atoms with Gasteiger partial charge in [0.05, 0.1) is 11.4 Å². The number of benzene rings is 1. The molecule has 3 aromatic rings. The van der Waals surface area contributed by atoms with Gasteiger partial charge < -0.3 is 5.32 Å². The summed E-state index contributed by atoms with van der Waals surface area (Å²) in [6, 6.07) is 7.66. The molecule has 27 heavy (non-hydrogen) atoms. The summed E-state index contributed by atoms with van der Waals surface area (Å²) in [5.74, 6) is -0.0472. The van der Waals surface area contributed by atoms with Crippen molar-refractivity contribution in [1.29, 1.82) is 0 Å². The number of carbonyl (C=O) groups is 1. The quantitative estimate of drug-likeness (QED) is 0.682. The van der Waals surface area contributed by atoms with Gasteiger partial charge in [-0.3, -0.25) is 14.2 Å². The van der Waals surface area contributed by atoms with Gasteiger partial charge in [-0.05, 0) is 57.4 Å². The maximum Gasteiger partial charge on any atom is 0.251 e. The van der Waals surface area contributed by atoms with Crippen molar-refractivity contribution in [3.05, 3.63) is 58.7 Å². The van der Waals surface area contributed by atoms with Crippen LogP contribution in [0.25, 0.3) is 11.1 Å². The van der Waals surface area contributed by atoms with E-state index in [1.165, 1.54) is 11.3 Å². The van der Waals surface area contributed by atoms with Crippen molar-refractivity contribution in [1.82, 2.24) is 24.9 Å². The van der Waals surface area contributed by atoms with Gasteiger partial charge in [-0.1, -0.05) is 12.1 Å². The summed E-state index contributed by atoms with van der Waals surface area (Å²) in [5, 5.41) is 11.9. The van der Waals surface area contributed by atoms with E-state index in [0.717, 1.165) is 35.5 Å². The van der Waals surface area contributed by atoms with Crippen molar-refractivity contribution in [2.75, 3.05) is 6.54 Å². The highest BCUT2D eigenvalue weighted by Gasteiger charge is 2.10. The molecular weight excluding hydrogens is 338 g/mol. The Morgan fingerprint density at radius 3 is 2.30 bits per heavy atom. The predicted molar refractivity (Wildman–Crippen MR) is 107 cm³/mol. The zero-order valence-electron chi connectivity index (χ0n) is 16.7. The smallest absolute Gasteiger partial charge is 0.251 e. The molecule has 6 nitrogen and oxygen atoms in total. The topological polar surface area (TPSA) is 64.7 Å². The van der Waals surface area contributed by atoms with E-state index in [0.29, 0.717) is 12.1 Å². The molecule has 0 bridgehead atoms. The molecule has 3 rings (SSSR count). The van der Waals surface area contributed by atoms with Crippen LogP contribution in [0.3, 0.4) is 0 Å². The lowest BCUT2D eigenvalue weighted by molar-refractivity contribution is 0.0952. The molecule has 2 aromatic heterocycles. The number of hydrogen-bond donors (Lipinski definition) is 1. The Hall–Kier alpha value is -2.89. The Balaban J connectivity index is 1.54. The van der Waals surface area contributed by atoms with Crippen molar-refractivity contribution in [2.45, 2.75) is 40.7 Å². The second-order valence-corrected chi connectivity index (χ2v) is 7.01. The first-order valence-electron chi connectivity index (χ1n) is 9.26. The molecule has 142 valence electrons. The van der Waals surface area contributed by atoms with E-state index >= 15 is 0 Å². The van der Waals surface area contributed by atoms with Crippen molar-refractivity contribution < 1.29 is 4.79 Å². The molecule has 0 aliphatic carbocycles. The number of carbonyl (C=O) groups excluding carboxylic acids is 1. The average molecular weight is 365 g/mol. The molecule has 1 N–H and O–H groups in total. The van der Waals surface area contributed by atoms with Gasteiger partial charge in [0.2, 0.25) is 0 Å². The van der Waals surface area contributed by atoms with Gasteiger partial charge in [-0.2, -0.15) is 10.2 Å². The van der Waals surface area contributed by atoms with Crippen molar-refractivity contribution in [3.63, 3.8) is 0 Å². The molecule has 0 unspecified atom stereocenters.